The number of hydrogen-bond acceptors (Lipinski definition) is 6. The monoisotopic (exact) mass is 196 g/mol. The molecule has 0 saturated carbocycles. The second-order valence-corrected chi connectivity index (χ2v) is 3.46. The Balaban J connectivity index is 2.57. The third-order valence-corrected chi connectivity index (χ3v) is 2.40. The van der Waals surface area contributed by atoms with Gasteiger partial charge >= 0.3 is 0 Å². The molecule has 2 N–H and O–H groups in total. The fourth-order valence-electron chi connectivity index (χ4n) is 1.05. The van der Waals surface area contributed by atoms with E-state index in [1.165, 1.54) is 11.5 Å². The van der Waals surface area contributed by atoms with Gasteiger partial charge in [0, 0.05) is 0 Å². The Kier molecular flexibility index (Phi) is 1.77. The lowest BCUT2D eigenvalue weighted by atomic mass is 10.2. The van der Waals surface area contributed by atoms with Gasteiger partial charge in [-0.25, -0.2) is 0 Å². The average molecular weight is 196 g/mol. The Morgan fingerprint density at radius 2 is 2.15 bits per heavy atom. The van der Waals surface area contributed by atoms with Crippen molar-refractivity contribution < 1.29 is 4.52 Å². The zero-order valence-electron chi connectivity index (χ0n) is 7.24. The van der Waals surface area contributed by atoms with Crippen molar-refractivity contribution in [3.05, 3.63) is 11.5 Å². The molecule has 0 amide bonds. The van der Waals surface area contributed by atoms with Crippen molar-refractivity contribution in [1.82, 2.24) is 14.5 Å². The summed E-state index contributed by atoms with van der Waals surface area (Å²) < 4.78 is 9.09. The minimum atomic E-state index is 0.446. The van der Waals surface area contributed by atoms with Crippen LogP contribution in [0.5, 0.6) is 0 Å². The maximum atomic E-state index is 5.71. The molecule has 0 unspecified atom stereocenters. The molecule has 2 aromatic heterocycles. The molecule has 0 saturated heterocycles. The second kappa shape index (κ2) is 2.81. The van der Waals surface area contributed by atoms with E-state index in [4.69, 9.17) is 10.3 Å². The van der Waals surface area contributed by atoms with E-state index in [0.717, 1.165) is 11.3 Å². The maximum Gasteiger partial charge on any atom is 0.262 e. The van der Waals surface area contributed by atoms with Gasteiger partial charge in [-0.2, -0.15) is 9.36 Å². The molecule has 2 aromatic rings. The van der Waals surface area contributed by atoms with Crippen LogP contribution in [0.2, 0.25) is 0 Å². The van der Waals surface area contributed by atoms with Gasteiger partial charge in [-0.1, -0.05) is 5.16 Å². The van der Waals surface area contributed by atoms with Gasteiger partial charge < -0.3 is 10.3 Å². The number of aryl methyl sites for hydroxylation is 2. The van der Waals surface area contributed by atoms with Crippen molar-refractivity contribution in [1.29, 1.82) is 0 Å². The zero-order valence-corrected chi connectivity index (χ0v) is 8.05. The summed E-state index contributed by atoms with van der Waals surface area (Å²) in [6.45, 7) is 3.63. The molecule has 68 valence electrons. The SMILES string of the molecule is Cc1noc(-c2c(C)nsc2N)n1. The number of rotatable bonds is 1. The molecule has 2 rings (SSSR count). The highest BCUT2D eigenvalue weighted by molar-refractivity contribution is 7.10. The summed E-state index contributed by atoms with van der Waals surface area (Å²) in [5.41, 5.74) is 7.29. The van der Waals surface area contributed by atoms with E-state index in [1.807, 2.05) is 6.92 Å². The van der Waals surface area contributed by atoms with Gasteiger partial charge in [0.05, 0.1) is 11.3 Å². The van der Waals surface area contributed by atoms with Gasteiger partial charge in [0.2, 0.25) is 0 Å². The highest BCUT2D eigenvalue weighted by Crippen LogP contribution is 2.30. The first-order valence-corrected chi connectivity index (χ1v) is 4.48. The van der Waals surface area contributed by atoms with Crippen LogP contribution in [0.3, 0.4) is 0 Å². The summed E-state index contributed by atoms with van der Waals surface area (Å²) in [5, 5.41) is 4.30. The topological polar surface area (TPSA) is 77.8 Å². The fraction of sp³-hybridized carbons (Fsp3) is 0.286. The normalized spacial score (nSPS) is 10.6. The highest BCUT2D eigenvalue weighted by Gasteiger charge is 2.15. The van der Waals surface area contributed by atoms with E-state index >= 15 is 0 Å². The van der Waals surface area contributed by atoms with E-state index in [-0.39, 0.29) is 0 Å². The van der Waals surface area contributed by atoms with Crippen LogP contribution < -0.4 is 5.73 Å². The molecule has 0 aromatic carbocycles. The van der Waals surface area contributed by atoms with Crippen LogP contribution in [0.25, 0.3) is 11.5 Å². The summed E-state index contributed by atoms with van der Waals surface area (Å²) in [7, 11) is 0. The lowest BCUT2D eigenvalue weighted by Gasteiger charge is -1.90. The third-order valence-electron chi connectivity index (χ3n) is 1.63. The van der Waals surface area contributed by atoms with E-state index < -0.39 is 0 Å². The Bertz CT molecular complexity index is 414. The Hall–Kier alpha value is -1.43. The first-order valence-electron chi connectivity index (χ1n) is 3.71. The molecule has 0 spiro atoms. The summed E-state index contributed by atoms with van der Waals surface area (Å²) in [6.07, 6.45) is 0. The molecular weight excluding hydrogens is 188 g/mol. The Labute approximate surface area is 78.7 Å². The van der Waals surface area contributed by atoms with Gasteiger partial charge in [0.25, 0.3) is 5.89 Å². The van der Waals surface area contributed by atoms with Gasteiger partial charge in [0.1, 0.15) is 5.00 Å². The number of nitrogens with zero attached hydrogens (tertiary/aromatic N) is 3. The predicted molar refractivity (Wildman–Crippen MR) is 49.3 cm³/mol. The second-order valence-electron chi connectivity index (χ2n) is 2.65. The number of aromatic nitrogens is 3. The molecule has 0 aliphatic heterocycles. The average Bonchev–Trinajstić information content (AvgIpc) is 2.60. The molecule has 13 heavy (non-hydrogen) atoms. The molecule has 0 radical (unpaired) electrons. The number of nitrogen functional groups attached to an aromatic ring is 1. The molecule has 0 bridgehead atoms. The molecule has 0 fully saturated rings. The van der Waals surface area contributed by atoms with E-state index in [2.05, 4.69) is 14.5 Å². The number of hydrogen-bond donors (Lipinski definition) is 1. The summed E-state index contributed by atoms with van der Waals surface area (Å²) >= 11 is 1.24. The van der Waals surface area contributed by atoms with Crippen LogP contribution in [0, 0.1) is 13.8 Å². The van der Waals surface area contributed by atoms with Crippen LogP contribution in [0.4, 0.5) is 5.00 Å². The van der Waals surface area contributed by atoms with Crippen molar-refractivity contribution in [2.24, 2.45) is 0 Å². The van der Waals surface area contributed by atoms with E-state index in [9.17, 15) is 0 Å². The molecule has 2 heterocycles. The lowest BCUT2D eigenvalue weighted by molar-refractivity contribution is 0.425. The van der Waals surface area contributed by atoms with Gasteiger partial charge in [0.15, 0.2) is 5.82 Å². The van der Waals surface area contributed by atoms with Gasteiger partial charge in [-0.3, -0.25) is 0 Å². The van der Waals surface area contributed by atoms with Crippen molar-refractivity contribution >= 4 is 16.5 Å². The molecule has 0 atom stereocenters. The largest absolute Gasteiger partial charge is 0.389 e. The lowest BCUT2D eigenvalue weighted by Crippen LogP contribution is -1.86. The van der Waals surface area contributed by atoms with Crippen LogP contribution in [-0.2, 0) is 0 Å². The van der Waals surface area contributed by atoms with Gasteiger partial charge in [-0.05, 0) is 25.4 Å². The smallest absolute Gasteiger partial charge is 0.262 e. The van der Waals surface area contributed by atoms with Crippen molar-refractivity contribution in [3.8, 4) is 11.5 Å². The minimum Gasteiger partial charge on any atom is -0.389 e. The first kappa shape index (κ1) is 8.18. The third kappa shape index (κ3) is 1.29. The van der Waals surface area contributed by atoms with E-state index in [0.29, 0.717) is 16.7 Å². The van der Waals surface area contributed by atoms with Crippen LogP contribution in [-0.4, -0.2) is 14.5 Å². The minimum absolute atomic E-state index is 0.446. The molecule has 5 nitrogen and oxygen atoms in total. The summed E-state index contributed by atoms with van der Waals surface area (Å²) in [6, 6.07) is 0. The highest BCUT2D eigenvalue weighted by atomic mass is 32.1. The maximum absolute atomic E-state index is 5.71. The van der Waals surface area contributed by atoms with Crippen molar-refractivity contribution in [2.75, 3.05) is 5.73 Å². The fourth-order valence-corrected chi connectivity index (χ4v) is 1.70. The van der Waals surface area contributed by atoms with Crippen molar-refractivity contribution in [2.45, 2.75) is 13.8 Å². The first-order chi connectivity index (χ1) is 6.18. The molecule has 0 aliphatic carbocycles. The van der Waals surface area contributed by atoms with Crippen LogP contribution >= 0.6 is 11.5 Å². The van der Waals surface area contributed by atoms with Crippen molar-refractivity contribution in [3.63, 3.8) is 0 Å². The summed E-state index contributed by atoms with van der Waals surface area (Å²) in [4.78, 5) is 4.08. The quantitative estimate of drug-likeness (QED) is 0.745. The predicted octanol–water partition coefficient (Wildman–Crippen LogP) is 1.39. The molecule has 6 heteroatoms. The molecular formula is C7H8N4OS. The van der Waals surface area contributed by atoms with E-state index in [1.54, 1.807) is 6.92 Å². The zero-order chi connectivity index (χ0) is 9.42. The Morgan fingerprint density at radius 1 is 1.38 bits per heavy atom. The molecule has 0 aliphatic rings. The Morgan fingerprint density at radius 3 is 2.62 bits per heavy atom. The standard InChI is InChI=1S/C7H8N4OS/c1-3-5(6(8)13-11-3)7-9-4(2)10-12-7/h8H2,1-2H3. The van der Waals surface area contributed by atoms with Gasteiger partial charge in [-0.15, -0.1) is 0 Å². The number of anilines is 1. The number of nitrogens with two attached hydrogens (primary N) is 1. The summed E-state index contributed by atoms with van der Waals surface area (Å²) in [5.74, 6) is 1.04. The van der Waals surface area contributed by atoms with Crippen LogP contribution in [0.15, 0.2) is 4.52 Å². The van der Waals surface area contributed by atoms with Crippen LogP contribution in [0.1, 0.15) is 11.5 Å².